The number of nitrogens with two attached hydrogens (primary N) is 2. The highest BCUT2D eigenvalue weighted by molar-refractivity contribution is 5.94. The van der Waals surface area contributed by atoms with Crippen molar-refractivity contribution in [1.82, 2.24) is 5.32 Å². The second-order valence-corrected chi connectivity index (χ2v) is 5.04. The molecule has 0 aromatic heterocycles. The predicted molar refractivity (Wildman–Crippen MR) is 78.3 cm³/mol. The van der Waals surface area contributed by atoms with Gasteiger partial charge in [0.25, 0.3) is 0 Å². The van der Waals surface area contributed by atoms with E-state index in [1.165, 1.54) is 0 Å². The van der Waals surface area contributed by atoms with Crippen LogP contribution in [0.4, 0.5) is 11.4 Å². The van der Waals surface area contributed by atoms with Crippen molar-refractivity contribution in [2.45, 2.75) is 31.7 Å². The molecule has 6 nitrogen and oxygen atoms in total. The lowest BCUT2D eigenvalue weighted by molar-refractivity contribution is -0.121. The molecule has 2 amide bonds. The third kappa shape index (κ3) is 4.15. The molecular formula is C14H20N4O2. The number of amides is 2. The highest BCUT2D eigenvalue weighted by atomic mass is 16.2. The zero-order valence-electron chi connectivity index (χ0n) is 11.3. The van der Waals surface area contributed by atoms with Crippen LogP contribution in [0.25, 0.3) is 0 Å². The normalized spacial score (nSPS) is 13.8. The number of primary amides is 1. The summed E-state index contributed by atoms with van der Waals surface area (Å²) < 4.78 is 0. The third-order valence-corrected chi connectivity index (χ3v) is 3.18. The number of carbonyl (C=O) groups is 2. The fourth-order valence-electron chi connectivity index (χ4n) is 1.86. The monoisotopic (exact) mass is 276 g/mol. The largest absolute Gasteiger partial charge is 0.397 e. The molecule has 1 aromatic rings. The van der Waals surface area contributed by atoms with Gasteiger partial charge < -0.3 is 22.1 Å². The van der Waals surface area contributed by atoms with Crippen LogP contribution in [0.1, 0.15) is 36.0 Å². The first-order valence-corrected chi connectivity index (χ1v) is 6.79. The molecule has 1 aromatic carbocycles. The molecule has 1 aliphatic rings. The van der Waals surface area contributed by atoms with Crippen LogP contribution in [0.15, 0.2) is 18.2 Å². The van der Waals surface area contributed by atoms with Crippen molar-refractivity contribution in [3.8, 4) is 0 Å². The minimum atomic E-state index is -0.489. The smallest absolute Gasteiger partial charge is 0.248 e. The van der Waals surface area contributed by atoms with Gasteiger partial charge >= 0.3 is 0 Å². The molecule has 1 saturated carbocycles. The zero-order chi connectivity index (χ0) is 14.5. The van der Waals surface area contributed by atoms with Crippen LogP contribution < -0.4 is 22.1 Å². The maximum absolute atomic E-state index is 11.5. The van der Waals surface area contributed by atoms with Gasteiger partial charge in [-0.1, -0.05) is 0 Å². The summed E-state index contributed by atoms with van der Waals surface area (Å²) in [5, 5.41) is 6.06. The Balaban J connectivity index is 1.76. The van der Waals surface area contributed by atoms with E-state index in [1.807, 2.05) is 0 Å². The Labute approximate surface area is 117 Å². The average Bonchev–Trinajstić information content (AvgIpc) is 3.20. The molecule has 20 heavy (non-hydrogen) atoms. The molecule has 6 heteroatoms. The van der Waals surface area contributed by atoms with Crippen molar-refractivity contribution in [3.05, 3.63) is 23.8 Å². The van der Waals surface area contributed by atoms with Crippen LogP contribution >= 0.6 is 0 Å². The van der Waals surface area contributed by atoms with Crippen molar-refractivity contribution >= 4 is 23.2 Å². The minimum Gasteiger partial charge on any atom is -0.397 e. The summed E-state index contributed by atoms with van der Waals surface area (Å²) in [6, 6.07) is 5.26. The van der Waals surface area contributed by atoms with Crippen molar-refractivity contribution in [3.63, 3.8) is 0 Å². The van der Waals surface area contributed by atoms with E-state index in [1.54, 1.807) is 18.2 Å². The number of carbonyl (C=O) groups excluding carboxylic acids is 2. The minimum absolute atomic E-state index is 0.0909. The van der Waals surface area contributed by atoms with E-state index < -0.39 is 5.91 Å². The van der Waals surface area contributed by atoms with Crippen molar-refractivity contribution in [1.29, 1.82) is 0 Å². The fourth-order valence-corrected chi connectivity index (χ4v) is 1.86. The number of nitrogens with one attached hydrogen (secondary N) is 2. The Morgan fingerprint density at radius 1 is 1.30 bits per heavy atom. The maximum Gasteiger partial charge on any atom is 0.248 e. The summed E-state index contributed by atoms with van der Waals surface area (Å²) in [5.74, 6) is -0.398. The second kappa shape index (κ2) is 6.27. The van der Waals surface area contributed by atoms with Crippen molar-refractivity contribution < 1.29 is 9.59 Å². The lowest BCUT2D eigenvalue weighted by Crippen LogP contribution is -2.25. The molecule has 0 unspecified atom stereocenters. The summed E-state index contributed by atoms with van der Waals surface area (Å²) in [7, 11) is 0. The number of hydrogen-bond donors (Lipinski definition) is 4. The Morgan fingerprint density at radius 3 is 2.70 bits per heavy atom. The van der Waals surface area contributed by atoms with Gasteiger partial charge in [0.05, 0.1) is 11.4 Å². The fraction of sp³-hybridized carbons (Fsp3) is 0.429. The molecular weight excluding hydrogens is 256 g/mol. The Hall–Kier alpha value is -2.24. The summed E-state index contributed by atoms with van der Waals surface area (Å²) in [4.78, 5) is 22.6. The molecule has 1 fully saturated rings. The van der Waals surface area contributed by atoms with Gasteiger partial charge in [0.2, 0.25) is 11.8 Å². The molecule has 0 saturated heterocycles. The summed E-state index contributed by atoms with van der Waals surface area (Å²) in [6.07, 6.45) is 3.39. The summed E-state index contributed by atoms with van der Waals surface area (Å²) >= 11 is 0. The molecule has 2 rings (SSSR count). The van der Waals surface area contributed by atoms with Gasteiger partial charge in [-0.2, -0.15) is 0 Å². The summed E-state index contributed by atoms with van der Waals surface area (Å²) in [5.41, 5.74) is 12.7. The van der Waals surface area contributed by atoms with Crippen LogP contribution in [0, 0.1) is 0 Å². The van der Waals surface area contributed by atoms with Gasteiger partial charge in [0, 0.05) is 24.6 Å². The zero-order valence-corrected chi connectivity index (χ0v) is 11.3. The topological polar surface area (TPSA) is 110 Å². The number of anilines is 2. The predicted octanol–water partition coefficient (Wildman–Crippen LogP) is 0.838. The van der Waals surface area contributed by atoms with E-state index in [0.717, 1.165) is 12.8 Å². The van der Waals surface area contributed by atoms with Crippen molar-refractivity contribution in [2.75, 3.05) is 17.6 Å². The highest BCUT2D eigenvalue weighted by Gasteiger charge is 2.22. The van der Waals surface area contributed by atoms with Crippen LogP contribution in [-0.4, -0.2) is 24.4 Å². The van der Waals surface area contributed by atoms with Gasteiger partial charge in [-0.15, -0.1) is 0 Å². The average molecular weight is 276 g/mol. The van der Waals surface area contributed by atoms with Crippen LogP contribution in [0.5, 0.6) is 0 Å². The molecule has 0 aliphatic heterocycles. The Kier molecular flexibility index (Phi) is 4.45. The molecule has 6 N–H and O–H groups in total. The van der Waals surface area contributed by atoms with E-state index in [2.05, 4.69) is 10.6 Å². The SMILES string of the molecule is NC(=O)c1ccc(N)c(NCCCC(=O)NC2CC2)c1. The molecule has 0 atom stereocenters. The van der Waals surface area contributed by atoms with Gasteiger partial charge in [-0.3, -0.25) is 9.59 Å². The number of nitrogen functional groups attached to an aromatic ring is 1. The van der Waals surface area contributed by atoms with Gasteiger partial charge in [0.1, 0.15) is 0 Å². The van der Waals surface area contributed by atoms with E-state index in [4.69, 9.17) is 11.5 Å². The lowest BCUT2D eigenvalue weighted by Gasteiger charge is -2.10. The van der Waals surface area contributed by atoms with E-state index in [-0.39, 0.29) is 5.91 Å². The highest BCUT2D eigenvalue weighted by Crippen LogP contribution is 2.20. The molecule has 0 spiro atoms. The molecule has 0 bridgehead atoms. The molecule has 0 radical (unpaired) electrons. The molecule has 108 valence electrons. The Bertz CT molecular complexity index is 512. The number of hydrogen-bond acceptors (Lipinski definition) is 4. The van der Waals surface area contributed by atoms with E-state index in [0.29, 0.717) is 42.4 Å². The van der Waals surface area contributed by atoms with Gasteiger partial charge in [-0.05, 0) is 37.5 Å². The standard InChI is InChI=1S/C14H20N4O2/c15-11-6-3-9(14(16)20)8-12(11)17-7-1-2-13(19)18-10-4-5-10/h3,6,8,10,17H,1-2,4-5,7,15H2,(H2,16,20)(H,18,19). The van der Waals surface area contributed by atoms with Crippen molar-refractivity contribution in [2.24, 2.45) is 5.73 Å². The van der Waals surface area contributed by atoms with E-state index >= 15 is 0 Å². The molecule has 1 aliphatic carbocycles. The number of benzene rings is 1. The quantitative estimate of drug-likeness (QED) is 0.437. The molecule has 0 heterocycles. The first-order valence-electron chi connectivity index (χ1n) is 6.79. The van der Waals surface area contributed by atoms with Crippen LogP contribution in [0.2, 0.25) is 0 Å². The van der Waals surface area contributed by atoms with E-state index in [9.17, 15) is 9.59 Å². The second-order valence-electron chi connectivity index (χ2n) is 5.04. The first-order chi connectivity index (χ1) is 9.56. The van der Waals surface area contributed by atoms with Gasteiger partial charge in [0.15, 0.2) is 0 Å². The number of rotatable bonds is 7. The van der Waals surface area contributed by atoms with Crippen LogP contribution in [0.3, 0.4) is 0 Å². The van der Waals surface area contributed by atoms with Gasteiger partial charge in [-0.25, -0.2) is 0 Å². The Morgan fingerprint density at radius 2 is 2.05 bits per heavy atom. The third-order valence-electron chi connectivity index (χ3n) is 3.18. The summed E-state index contributed by atoms with van der Waals surface area (Å²) in [6.45, 7) is 0.616. The first kappa shape index (κ1) is 14.2. The maximum atomic E-state index is 11.5. The van der Waals surface area contributed by atoms with Crippen LogP contribution in [-0.2, 0) is 4.79 Å². The lowest BCUT2D eigenvalue weighted by atomic mass is 10.1.